The number of anilines is 1. The Hall–Kier alpha value is -2.44. The molecule has 0 amide bonds. The van der Waals surface area contributed by atoms with Crippen molar-refractivity contribution >= 4 is 5.95 Å². The van der Waals surface area contributed by atoms with Gasteiger partial charge in [-0.25, -0.2) is 18.5 Å². The first kappa shape index (κ1) is 13.0. The highest BCUT2D eigenvalue weighted by atomic mass is 19.1. The molecule has 0 aliphatic rings. The van der Waals surface area contributed by atoms with Gasteiger partial charge in [0, 0.05) is 21.1 Å². The molecule has 0 aliphatic carbocycles. The van der Waals surface area contributed by atoms with Crippen molar-refractivity contribution in [3.63, 3.8) is 0 Å². The van der Waals surface area contributed by atoms with Gasteiger partial charge in [-0.2, -0.15) is 4.98 Å². The lowest BCUT2D eigenvalue weighted by atomic mass is 10.3. The van der Waals surface area contributed by atoms with Crippen molar-refractivity contribution in [3.05, 3.63) is 51.1 Å². The Labute approximate surface area is 108 Å². The lowest BCUT2D eigenvalue weighted by Crippen LogP contribution is -2.42. The molecule has 1 aromatic heterocycles. The largest absolute Gasteiger partial charge is 0.359 e. The molecule has 0 saturated carbocycles. The molecule has 0 fully saturated rings. The molecule has 1 heterocycles. The highest BCUT2D eigenvalue weighted by Crippen LogP contribution is 2.05. The number of aromatic nitrogens is 3. The molecule has 2 aromatic rings. The highest BCUT2D eigenvalue weighted by Gasteiger charge is 2.12. The monoisotopic (exact) mass is 264 g/mol. The van der Waals surface area contributed by atoms with Crippen LogP contribution in [-0.2, 0) is 7.05 Å². The van der Waals surface area contributed by atoms with Gasteiger partial charge in [-0.3, -0.25) is 4.57 Å². The molecule has 0 saturated heterocycles. The van der Waals surface area contributed by atoms with E-state index >= 15 is 0 Å². The van der Waals surface area contributed by atoms with Gasteiger partial charge in [-0.05, 0) is 24.3 Å². The molecule has 19 heavy (non-hydrogen) atoms. The van der Waals surface area contributed by atoms with Gasteiger partial charge >= 0.3 is 11.4 Å². The van der Waals surface area contributed by atoms with Crippen molar-refractivity contribution in [2.24, 2.45) is 7.05 Å². The highest BCUT2D eigenvalue weighted by molar-refractivity contribution is 5.33. The van der Waals surface area contributed by atoms with E-state index < -0.39 is 17.2 Å². The second-order valence-corrected chi connectivity index (χ2v) is 4.24. The van der Waals surface area contributed by atoms with Crippen LogP contribution in [0.15, 0.2) is 33.9 Å². The number of hydrogen-bond acceptors (Lipinski definition) is 4. The van der Waals surface area contributed by atoms with Crippen LogP contribution in [0.5, 0.6) is 0 Å². The average Bonchev–Trinajstić information content (AvgIpc) is 2.36. The third kappa shape index (κ3) is 2.26. The van der Waals surface area contributed by atoms with E-state index in [1.165, 1.54) is 35.9 Å². The molecule has 0 unspecified atom stereocenters. The normalized spacial score (nSPS) is 10.5. The van der Waals surface area contributed by atoms with Gasteiger partial charge in [0.05, 0.1) is 5.69 Å². The summed E-state index contributed by atoms with van der Waals surface area (Å²) in [4.78, 5) is 29.5. The van der Waals surface area contributed by atoms with Crippen LogP contribution < -0.4 is 16.3 Å². The van der Waals surface area contributed by atoms with Gasteiger partial charge in [-0.1, -0.05) is 0 Å². The molecule has 0 spiro atoms. The Morgan fingerprint density at radius 3 is 2.26 bits per heavy atom. The second kappa shape index (κ2) is 4.68. The summed E-state index contributed by atoms with van der Waals surface area (Å²) in [5, 5.41) is 0. The van der Waals surface area contributed by atoms with Gasteiger partial charge in [-0.15, -0.1) is 0 Å². The zero-order valence-corrected chi connectivity index (χ0v) is 10.8. The average molecular weight is 264 g/mol. The van der Waals surface area contributed by atoms with Gasteiger partial charge < -0.3 is 4.90 Å². The smallest absolute Gasteiger partial charge is 0.348 e. The van der Waals surface area contributed by atoms with Crippen LogP contribution in [0.25, 0.3) is 5.69 Å². The van der Waals surface area contributed by atoms with Gasteiger partial charge in [0.15, 0.2) is 0 Å². The summed E-state index contributed by atoms with van der Waals surface area (Å²) in [5.74, 6) is -0.181. The molecule has 100 valence electrons. The lowest BCUT2D eigenvalue weighted by Gasteiger charge is -2.15. The predicted octanol–water partition coefficient (Wildman–Crippen LogP) is 0.136. The van der Waals surface area contributed by atoms with Crippen LogP contribution in [0.1, 0.15) is 0 Å². The number of nitrogens with zero attached hydrogens (tertiary/aromatic N) is 4. The number of rotatable bonds is 2. The van der Waals surface area contributed by atoms with Crippen LogP contribution >= 0.6 is 0 Å². The van der Waals surface area contributed by atoms with Crippen molar-refractivity contribution in [1.82, 2.24) is 14.1 Å². The fourth-order valence-corrected chi connectivity index (χ4v) is 1.74. The Morgan fingerprint density at radius 1 is 1.16 bits per heavy atom. The molecular formula is C12H13FN4O2. The van der Waals surface area contributed by atoms with Gasteiger partial charge in [0.25, 0.3) is 0 Å². The summed E-state index contributed by atoms with van der Waals surface area (Å²) in [6.45, 7) is 0. The predicted molar refractivity (Wildman–Crippen MR) is 69.4 cm³/mol. The fraction of sp³-hybridized carbons (Fsp3) is 0.250. The summed E-state index contributed by atoms with van der Waals surface area (Å²) in [6.07, 6.45) is 0. The topological polar surface area (TPSA) is 60.1 Å². The quantitative estimate of drug-likeness (QED) is 0.774. The second-order valence-electron chi connectivity index (χ2n) is 4.24. The summed E-state index contributed by atoms with van der Waals surface area (Å²) >= 11 is 0. The van der Waals surface area contributed by atoms with E-state index in [1.54, 1.807) is 19.0 Å². The van der Waals surface area contributed by atoms with Gasteiger partial charge in [0.1, 0.15) is 5.82 Å². The van der Waals surface area contributed by atoms with Gasteiger partial charge in [0.2, 0.25) is 5.95 Å². The first-order chi connectivity index (χ1) is 8.91. The third-order valence-electron chi connectivity index (χ3n) is 2.65. The zero-order chi connectivity index (χ0) is 14.2. The Balaban J connectivity index is 2.73. The SMILES string of the molecule is CN(C)c1nc(=O)n(-c2ccc(F)cc2)c(=O)n1C. The van der Waals surface area contributed by atoms with E-state index in [2.05, 4.69) is 4.98 Å². The Kier molecular flexibility index (Phi) is 3.20. The van der Waals surface area contributed by atoms with E-state index in [4.69, 9.17) is 0 Å². The van der Waals surface area contributed by atoms with Crippen molar-refractivity contribution in [2.75, 3.05) is 19.0 Å². The molecule has 2 rings (SSSR count). The van der Waals surface area contributed by atoms with E-state index in [1.807, 2.05) is 0 Å². The maximum Gasteiger partial charge on any atom is 0.359 e. The van der Waals surface area contributed by atoms with Crippen molar-refractivity contribution in [3.8, 4) is 5.69 Å². The van der Waals surface area contributed by atoms with Crippen molar-refractivity contribution in [2.45, 2.75) is 0 Å². The van der Waals surface area contributed by atoms with Crippen LogP contribution in [0, 0.1) is 5.82 Å². The summed E-state index contributed by atoms with van der Waals surface area (Å²) < 4.78 is 15.0. The minimum atomic E-state index is -0.696. The lowest BCUT2D eigenvalue weighted by molar-refractivity contribution is 0.626. The summed E-state index contributed by atoms with van der Waals surface area (Å²) in [5.41, 5.74) is -0.946. The maximum absolute atomic E-state index is 12.9. The molecule has 0 aliphatic heterocycles. The Bertz CT molecular complexity index is 716. The molecule has 0 N–H and O–H groups in total. The number of halogens is 1. The molecule has 0 bridgehead atoms. The Morgan fingerprint density at radius 2 is 1.74 bits per heavy atom. The van der Waals surface area contributed by atoms with Crippen LogP contribution in [0.4, 0.5) is 10.3 Å². The first-order valence-electron chi connectivity index (χ1n) is 5.55. The van der Waals surface area contributed by atoms with E-state index in [0.29, 0.717) is 0 Å². The molecule has 6 nitrogen and oxygen atoms in total. The van der Waals surface area contributed by atoms with E-state index in [0.717, 1.165) is 4.57 Å². The zero-order valence-electron chi connectivity index (χ0n) is 10.8. The molecule has 0 atom stereocenters. The minimum absolute atomic E-state index is 0.258. The van der Waals surface area contributed by atoms with Crippen molar-refractivity contribution in [1.29, 1.82) is 0 Å². The fourth-order valence-electron chi connectivity index (χ4n) is 1.74. The maximum atomic E-state index is 12.9. The van der Waals surface area contributed by atoms with Crippen LogP contribution in [0.3, 0.4) is 0 Å². The summed E-state index contributed by atoms with van der Waals surface area (Å²) in [6, 6.07) is 5.08. The van der Waals surface area contributed by atoms with E-state index in [9.17, 15) is 14.0 Å². The number of benzene rings is 1. The first-order valence-corrected chi connectivity index (χ1v) is 5.55. The molecule has 1 aromatic carbocycles. The summed E-state index contributed by atoms with van der Waals surface area (Å²) in [7, 11) is 4.89. The molecule has 7 heteroatoms. The van der Waals surface area contributed by atoms with Crippen molar-refractivity contribution < 1.29 is 4.39 Å². The third-order valence-corrected chi connectivity index (χ3v) is 2.65. The standard InChI is InChI=1S/C12H13FN4O2/c1-15(2)10-14-11(18)17(12(19)16(10)3)9-6-4-8(13)5-7-9/h4-7H,1-3H3. The van der Waals surface area contributed by atoms with Crippen LogP contribution in [0.2, 0.25) is 0 Å². The molecule has 0 radical (unpaired) electrons. The minimum Gasteiger partial charge on any atom is -0.348 e. The molecular weight excluding hydrogens is 251 g/mol. The van der Waals surface area contributed by atoms with E-state index in [-0.39, 0.29) is 11.6 Å². The van der Waals surface area contributed by atoms with Crippen LogP contribution in [-0.4, -0.2) is 28.2 Å². The number of hydrogen-bond donors (Lipinski definition) is 0.